The summed E-state index contributed by atoms with van der Waals surface area (Å²) in [5, 5.41) is 10.9. The Bertz CT molecular complexity index is 914. The van der Waals surface area contributed by atoms with Gasteiger partial charge in [0.05, 0.1) is 30.4 Å². The third kappa shape index (κ3) is 1.70. The van der Waals surface area contributed by atoms with E-state index in [4.69, 9.17) is 0 Å². The van der Waals surface area contributed by atoms with Crippen molar-refractivity contribution >= 4 is 0 Å². The van der Waals surface area contributed by atoms with Gasteiger partial charge in [-0.25, -0.2) is 4.98 Å². The first-order valence-electron chi connectivity index (χ1n) is 7.98. The second-order valence-electron chi connectivity index (χ2n) is 6.56. The summed E-state index contributed by atoms with van der Waals surface area (Å²) in [7, 11) is 0. The lowest BCUT2D eigenvalue weighted by Crippen LogP contribution is -2.21. The van der Waals surface area contributed by atoms with Gasteiger partial charge in [0.2, 0.25) is 0 Å². The van der Waals surface area contributed by atoms with Crippen LogP contribution in [-0.4, -0.2) is 19.6 Å². The van der Waals surface area contributed by atoms with Crippen molar-refractivity contribution < 1.29 is 5.11 Å². The highest BCUT2D eigenvalue weighted by atomic mass is 16.3. The summed E-state index contributed by atoms with van der Waals surface area (Å²) < 4.78 is 2.21. The number of pyridine rings is 1. The van der Waals surface area contributed by atoms with Crippen LogP contribution in [0.15, 0.2) is 49.1 Å². The molecule has 0 radical (unpaired) electrons. The third-order valence-electron chi connectivity index (χ3n) is 5.27. The van der Waals surface area contributed by atoms with Gasteiger partial charge in [0, 0.05) is 28.9 Å². The van der Waals surface area contributed by atoms with E-state index in [-0.39, 0.29) is 12.0 Å². The van der Waals surface area contributed by atoms with Crippen molar-refractivity contribution in [2.75, 3.05) is 0 Å². The molecule has 4 heteroatoms. The second-order valence-corrected chi connectivity index (χ2v) is 6.56. The van der Waals surface area contributed by atoms with E-state index in [1.807, 2.05) is 25.6 Å². The van der Waals surface area contributed by atoms with Gasteiger partial charge in [-0.15, -0.1) is 0 Å². The Morgan fingerprint density at radius 1 is 1.17 bits per heavy atom. The van der Waals surface area contributed by atoms with E-state index in [9.17, 15) is 5.11 Å². The first-order valence-corrected chi connectivity index (χ1v) is 7.98. The largest absolute Gasteiger partial charge is 0.388 e. The third-order valence-corrected chi connectivity index (χ3v) is 5.27. The van der Waals surface area contributed by atoms with Gasteiger partial charge in [0.15, 0.2) is 0 Å². The van der Waals surface area contributed by atoms with Crippen LogP contribution in [0.1, 0.15) is 34.5 Å². The Morgan fingerprint density at radius 3 is 2.96 bits per heavy atom. The molecule has 0 bridgehead atoms. The second kappa shape index (κ2) is 4.52. The van der Waals surface area contributed by atoms with Crippen LogP contribution < -0.4 is 0 Å². The van der Waals surface area contributed by atoms with Crippen LogP contribution in [0.4, 0.5) is 0 Å². The average molecular weight is 303 g/mol. The van der Waals surface area contributed by atoms with Crippen LogP contribution in [0, 0.1) is 12.8 Å². The lowest BCUT2D eigenvalue weighted by molar-refractivity contribution is 0.101. The molecule has 2 aromatic heterocycles. The molecular weight excluding hydrogens is 286 g/mol. The highest BCUT2D eigenvalue weighted by Gasteiger charge is 2.42. The number of aliphatic hydroxyl groups excluding tert-OH is 1. The van der Waals surface area contributed by atoms with Crippen molar-refractivity contribution in [3.8, 4) is 11.3 Å². The highest BCUT2D eigenvalue weighted by Crippen LogP contribution is 2.50. The fourth-order valence-electron chi connectivity index (χ4n) is 4.26. The van der Waals surface area contributed by atoms with E-state index in [1.54, 1.807) is 0 Å². The normalized spacial score (nSPS) is 24.3. The van der Waals surface area contributed by atoms with Crippen molar-refractivity contribution in [3.05, 3.63) is 71.4 Å². The summed E-state index contributed by atoms with van der Waals surface area (Å²) in [6.45, 7) is 2.00. The Hall–Kier alpha value is -2.46. The van der Waals surface area contributed by atoms with E-state index in [0.29, 0.717) is 0 Å². The molecule has 0 spiro atoms. The fraction of sp³-hybridized carbons (Fsp3) is 0.263. The van der Waals surface area contributed by atoms with Crippen LogP contribution in [-0.2, 0) is 6.42 Å². The molecule has 1 aliphatic heterocycles. The highest BCUT2D eigenvalue weighted by molar-refractivity contribution is 5.69. The molecule has 23 heavy (non-hydrogen) atoms. The molecule has 0 fully saturated rings. The van der Waals surface area contributed by atoms with Gasteiger partial charge in [-0.3, -0.25) is 4.98 Å². The van der Waals surface area contributed by atoms with E-state index in [1.165, 1.54) is 16.7 Å². The number of aromatic nitrogens is 3. The molecule has 114 valence electrons. The summed E-state index contributed by atoms with van der Waals surface area (Å²) in [4.78, 5) is 8.68. The van der Waals surface area contributed by atoms with Crippen molar-refractivity contribution in [3.63, 3.8) is 0 Å². The maximum atomic E-state index is 10.9. The van der Waals surface area contributed by atoms with Gasteiger partial charge in [0.1, 0.15) is 0 Å². The number of imidazole rings is 1. The Kier molecular flexibility index (Phi) is 2.56. The minimum atomic E-state index is -0.482. The quantitative estimate of drug-likeness (QED) is 0.751. The monoisotopic (exact) mass is 303 g/mol. The number of hydrogen-bond acceptors (Lipinski definition) is 3. The molecule has 1 aliphatic carbocycles. The van der Waals surface area contributed by atoms with Crippen LogP contribution in [0.25, 0.3) is 11.3 Å². The molecule has 0 amide bonds. The van der Waals surface area contributed by atoms with Gasteiger partial charge in [0.25, 0.3) is 0 Å². The topological polar surface area (TPSA) is 50.9 Å². The maximum Gasteiger partial charge on any atom is 0.0956 e. The average Bonchev–Trinajstić information content (AvgIpc) is 3.21. The number of aliphatic hydroxyl groups is 1. The first-order chi connectivity index (χ1) is 11.2. The zero-order valence-electron chi connectivity index (χ0n) is 12.8. The Labute approximate surface area is 134 Å². The number of benzene rings is 1. The van der Waals surface area contributed by atoms with Crippen molar-refractivity contribution in [1.29, 1.82) is 0 Å². The summed E-state index contributed by atoms with van der Waals surface area (Å²) in [6.07, 6.45) is 6.03. The molecule has 1 N–H and O–H groups in total. The molecule has 3 atom stereocenters. The van der Waals surface area contributed by atoms with Gasteiger partial charge in [-0.2, -0.15) is 0 Å². The summed E-state index contributed by atoms with van der Waals surface area (Å²) in [5.74, 6) is 0.116. The van der Waals surface area contributed by atoms with Crippen LogP contribution in [0.2, 0.25) is 0 Å². The van der Waals surface area contributed by atoms with Gasteiger partial charge >= 0.3 is 0 Å². The standard InChI is InChI=1S/C19H17N3O/c1-11-6-12-7-15(19(23)16(12)8-21-11)18-14-5-3-2-4-13(14)17-9-20-10-22(17)18/h2-6,8-10,15,18-19,23H,7H2,1H3/t15-,18-,19+/m0/s1. The molecule has 3 aromatic rings. The number of hydrogen-bond donors (Lipinski definition) is 1. The van der Waals surface area contributed by atoms with E-state index >= 15 is 0 Å². The van der Waals surface area contributed by atoms with Crippen LogP contribution >= 0.6 is 0 Å². The van der Waals surface area contributed by atoms with Crippen LogP contribution in [0.5, 0.6) is 0 Å². The summed E-state index contributed by atoms with van der Waals surface area (Å²) >= 11 is 0. The lowest BCUT2D eigenvalue weighted by Gasteiger charge is -2.25. The molecule has 5 rings (SSSR count). The Morgan fingerprint density at radius 2 is 2.04 bits per heavy atom. The maximum absolute atomic E-state index is 10.9. The smallest absolute Gasteiger partial charge is 0.0956 e. The number of rotatable bonds is 1. The van der Waals surface area contributed by atoms with Crippen molar-refractivity contribution in [2.45, 2.75) is 25.5 Å². The molecule has 0 saturated heterocycles. The summed E-state index contributed by atoms with van der Waals surface area (Å²) in [5.41, 5.74) is 6.86. The number of nitrogens with zero attached hydrogens (tertiary/aromatic N) is 3. The zero-order chi connectivity index (χ0) is 15.6. The minimum absolute atomic E-state index is 0.116. The molecule has 0 unspecified atom stereocenters. The minimum Gasteiger partial charge on any atom is -0.388 e. The van der Waals surface area contributed by atoms with E-state index < -0.39 is 6.10 Å². The number of fused-ring (bicyclic) bond motifs is 4. The molecule has 3 heterocycles. The van der Waals surface area contributed by atoms with Gasteiger partial charge < -0.3 is 9.67 Å². The molecule has 0 saturated carbocycles. The first kappa shape index (κ1) is 13.0. The molecule has 2 aliphatic rings. The molecule has 4 nitrogen and oxygen atoms in total. The van der Waals surface area contributed by atoms with Crippen molar-refractivity contribution in [1.82, 2.24) is 14.5 Å². The van der Waals surface area contributed by atoms with Gasteiger partial charge in [-0.1, -0.05) is 24.3 Å². The predicted molar refractivity (Wildman–Crippen MR) is 86.9 cm³/mol. The van der Waals surface area contributed by atoms with Gasteiger partial charge in [-0.05, 0) is 30.5 Å². The number of aryl methyl sites for hydroxylation is 1. The zero-order valence-corrected chi connectivity index (χ0v) is 12.8. The van der Waals surface area contributed by atoms with Crippen molar-refractivity contribution in [2.24, 2.45) is 5.92 Å². The molecular formula is C19H17N3O. The SMILES string of the molecule is Cc1cc2c(cn1)[C@H](O)[C@H]([C@@H]1c3ccccc3-c3cncn31)C2. The van der Waals surface area contributed by atoms with Crippen LogP contribution in [0.3, 0.4) is 0 Å². The lowest BCUT2D eigenvalue weighted by atomic mass is 9.88. The molecule has 1 aromatic carbocycles. The Balaban J connectivity index is 1.64. The van der Waals surface area contributed by atoms with E-state index in [0.717, 1.165) is 23.4 Å². The van der Waals surface area contributed by atoms with E-state index in [2.05, 4.69) is 44.9 Å². The predicted octanol–water partition coefficient (Wildman–Crippen LogP) is 3.06. The fourth-order valence-corrected chi connectivity index (χ4v) is 4.26. The summed E-state index contributed by atoms with van der Waals surface area (Å²) in [6, 6.07) is 10.7.